The molecule has 3 aromatic carbocycles. The molecule has 4 heteroatoms. The molecule has 0 bridgehead atoms. The summed E-state index contributed by atoms with van der Waals surface area (Å²) in [6.45, 7) is 0. The van der Waals surface area contributed by atoms with Crippen LogP contribution in [0.5, 0.6) is 0 Å². The number of carbonyl (C=O) groups is 1. The maximum Gasteiger partial charge on any atom is 0.337 e. The van der Waals surface area contributed by atoms with Crippen LogP contribution in [0.15, 0.2) is 83.7 Å². The summed E-state index contributed by atoms with van der Waals surface area (Å²) in [6.07, 6.45) is 0. The molecule has 0 unspecified atom stereocenters. The molecule has 4 rings (SSSR count). The second-order valence-corrected chi connectivity index (χ2v) is 6.02. The monoisotopic (exact) mass is 341 g/mol. The number of hydrogen-bond acceptors (Lipinski definition) is 2. The van der Waals surface area contributed by atoms with Crippen molar-refractivity contribution < 1.29 is 9.90 Å². The van der Waals surface area contributed by atoms with Crippen molar-refractivity contribution in [2.24, 2.45) is 0 Å². The van der Waals surface area contributed by atoms with Crippen molar-refractivity contribution >= 4 is 16.9 Å². The van der Waals surface area contributed by atoms with E-state index in [0.29, 0.717) is 16.6 Å². The molecule has 0 saturated carbocycles. The van der Waals surface area contributed by atoms with Crippen LogP contribution in [0, 0.1) is 0 Å². The van der Waals surface area contributed by atoms with Crippen molar-refractivity contribution in [3.63, 3.8) is 0 Å². The Morgan fingerprint density at radius 2 is 1.42 bits per heavy atom. The highest BCUT2D eigenvalue weighted by atomic mass is 16.4. The lowest BCUT2D eigenvalue weighted by Crippen LogP contribution is -2.07. The highest BCUT2D eigenvalue weighted by molar-refractivity contribution is 6.02. The van der Waals surface area contributed by atoms with Gasteiger partial charge >= 0.3 is 5.97 Å². The van der Waals surface area contributed by atoms with E-state index in [-0.39, 0.29) is 11.0 Å². The zero-order valence-corrected chi connectivity index (χ0v) is 13.8. The van der Waals surface area contributed by atoms with Crippen LogP contribution in [0.2, 0.25) is 0 Å². The lowest BCUT2D eigenvalue weighted by Gasteiger charge is -2.08. The predicted molar refractivity (Wildman–Crippen MR) is 102 cm³/mol. The minimum absolute atomic E-state index is 0.0855. The summed E-state index contributed by atoms with van der Waals surface area (Å²) in [5.41, 5.74) is 3.82. The molecule has 0 amide bonds. The Morgan fingerprint density at radius 3 is 2.12 bits per heavy atom. The van der Waals surface area contributed by atoms with Crippen LogP contribution in [0.1, 0.15) is 10.4 Å². The molecule has 0 radical (unpaired) electrons. The van der Waals surface area contributed by atoms with Crippen LogP contribution >= 0.6 is 0 Å². The molecule has 26 heavy (non-hydrogen) atoms. The number of carboxylic acids is 1. The normalized spacial score (nSPS) is 10.8. The topological polar surface area (TPSA) is 70.2 Å². The van der Waals surface area contributed by atoms with Gasteiger partial charge in [-0.15, -0.1) is 0 Å². The highest BCUT2D eigenvalue weighted by Crippen LogP contribution is 2.25. The molecule has 0 atom stereocenters. The number of H-pyrrole nitrogens is 1. The molecule has 0 saturated heterocycles. The van der Waals surface area contributed by atoms with Gasteiger partial charge in [-0.25, -0.2) is 4.79 Å². The molecular weight excluding hydrogens is 326 g/mol. The van der Waals surface area contributed by atoms with E-state index in [1.54, 1.807) is 12.1 Å². The fraction of sp³-hybridized carbons (Fsp3) is 0. The van der Waals surface area contributed by atoms with Gasteiger partial charge in [-0.3, -0.25) is 4.79 Å². The van der Waals surface area contributed by atoms with E-state index in [9.17, 15) is 14.7 Å². The van der Waals surface area contributed by atoms with Gasteiger partial charge < -0.3 is 10.1 Å². The molecule has 0 aliphatic heterocycles. The van der Waals surface area contributed by atoms with Gasteiger partial charge in [-0.05, 0) is 28.8 Å². The van der Waals surface area contributed by atoms with Crippen LogP contribution in [0.3, 0.4) is 0 Å². The number of pyridine rings is 1. The third kappa shape index (κ3) is 2.78. The Hall–Kier alpha value is -3.66. The average Bonchev–Trinajstić information content (AvgIpc) is 2.68. The molecule has 0 spiro atoms. The van der Waals surface area contributed by atoms with Crippen molar-refractivity contribution in [2.45, 2.75) is 0 Å². The summed E-state index contributed by atoms with van der Waals surface area (Å²) in [5, 5.41) is 9.75. The van der Waals surface area contributed by atoms with Gasteiger partial charge in [-0.1, -0.05) is 60.7 Å². The summed E-state index contributed by atoms with van der Waals surface area (Å²) in [6, 6.07) is 24.0. The van der Waals surface area contributed by atoms with Gasteiger partial charge in [-0.2, -0.15) is 0 Å². The minimum Gasteiger partial charge on any atom is -0.478 e. The summed E-state index contributed by atoms with van der Waals surface area (Å²) in [4.78, 5) is 27.0. The number of rotatable bonds is 3. The Balaban J connectivity index is 1.83. The first kappa shape index (κ1) is 15.8. The van der Waals surface area contributed by atoms with E-state index >= 15 is 0 Å². The van der Waals surface area contributed by atoms with Crippen LogP contribution in [-0.4, -0.2) is 16.1 Å². The number of fused-ring (bicyclic) bond motifs is 1. The van der Waals surface area contributed by atoms with Gasteiger partial charge in [0.05, 0.1) is 11.1 Å². The number of aromatic carboxylic acids is 1. The number of hydrogen-bond donors (Lipinski definition) is 2. The number of nitrogens with one attached hydrogen (secondary N) is 1. The van der Waals surface area contributed by atoms with Gasteiger partial charge in [0.2, 0.25) is 0 Å². The number of aromatic nitrogens is 1. The Labute approximate surface area is 149 Å². The Bertz CT molecular complexity index is 1160. The van der Waals surface area contributed by atoms with E-state index in [0.717, 1.165) is 16.7 Å². The predicted octanol–water partition coefficient (Wildman–Crippen LogP) is 4.56. The van der Waals surface area contributed by atoms with Gasteiger partial charge in [0.15, 0.2) is 5.43 Å². The molecule has 0 aliphatic carbocycles. The standard InChI is InChI=1S/C22H15NO3/c24-20-13-19(23-21-17(20)7-4-8-18(21)22(25)26)16-11-9-15(10-12-16)14-5-2-1-3-6-14/h1-13H,(H,23,24)(H,25,26). The van der Waals surface area contributed by atoms with E-state index in [4.69, 9.17) is 0 Å². The maximum absolute atomic E-state index is 12.4. The molecule has 0 fully saturated rings. The lowest BCUT2D eigenvalue weighted by molar-refractivity contribution is 0.0699. The quantitative estimate of drug-likeness (QED) is 0.574. The number of aromatic amines is 1. The molecule has 4 aromatic rings. The fourth-order valence-electron chi connectivity index (χ4n) is 3.08. The van der Waals surface area contributed by atoms with Crippen molar-refractivity contribution in [2.75, 3.05) is 0 Å². The molecule has 1 heterocycles. The molecule has 1 aromatic heterocycles. The van der Waals surface area contributed by atoms with E-state index < -0.39 is 5.97 Å². The van der Waals surface area contributed by atoms with E-state index in [1.165, 1.54) is 12.1 Å². The maximum atomic E-state index is 12.4. The first-order valence-corrected chi connectivity index (χ1v) is 8.19. The fourth-order valence-corrected chi connectivity index (χ4v) is 3.08. The molecule has 0 aliphatic rings. The molecule has 4 nitrogen and oxygen atoms in total. The van der Waals surface area contributed by atoms with Crippen LogP contribution in [0.25, 0.3) is 33.3 Å². The Kier molecular flexibility index (Phi) is 3.86. The van der Waals surface area contributed by atoms with E-state index in [2.05, 4.69) is 4.98 Å². The lowest BCUT2D eigenvalue weighted by atomic mass is 10.0. The van der Waals surface area contributed by atoms with Gasteiger partial charge in [0.1, 0.15) is 0 Å². The highest BCUT2D eigenvalue weighted by Gasteiger charge is 2.12. The Morgan fingerprint density at radius 1 is 0.769 bits per heavy atom. The number of carboxylic acid groups (broad SMARTS) is 1. The third-order valence-corrected chi connectivity index (χ3v) is 4.40. The molecular formula is C22H15NO3. The smallest absolute Gasteiger partial charge is 0.337 e. The summed E-state index contributed by atoms with van der Waals surface area (Å²) < 4.78 is 0. The van der Waals surface area contributed by atoms with Crippen molar-refractivity contribution in [1.82, 2.24) is 4.98 Å². The van der Waals surface area contributed by atoms with Crippen LogP contribution in [-0.2, 0) is 0 Å². The third-order valence-electron chi connectivity index (χ3n) is 4.40. The van der Waals surface area contributed by atoms with E-state index in [1.807, 2.05) is 54.6 Å². The number of benzene rings is 3. The van der Waals surface area contributed by atoms with Crippen LogP contribution in [0.4, 0.5) is 0 Å². The first-order chi connectivity index (χ1) is 12.6. The molecule has 2 N–H and O–H groups in total. The largest absolute Gasteiger partial charge is 0.478 e. The van der Waals surface area contributed by atoms with Crippen molar-refractivity contribution in [3.05, 3.63) is 94.6 Å². The summed E-state index contributed by atoms with van der Waals surface area (Å²) >= 11 is 0. The van der Waals surface area contributed by atoms with Crippen molar-refractivity contribution in [1.29, 1.82) is 0 Å². The second-order valence-electron chi connectivity index (χ2n) is 6.02. The second kappa shape index (κ2) is 6.33. The van der Waals surface area contributed by atoms with Gasteiger partial charge in [0.25, 0.3) is 0 Å². The number of para-hydroxylation sites is 1. The van der Waals surface area contributed by atoms with Crippen LogP contribution < -0.4 is 5.43 Å². The average molecular weight is 341 g/mol. The minimum atomic E-state index is -1.07. The summed E-state index contributed by atoms with van der Waals surface area (Å²) in [7, 11) is 0. The zero-order chi connectivity index (χ0) is 18.1. The molecule has 126 valence electrons. The zero-order valence-electron chi connectivity index (χ0n) is 13.8. The van der Waals surface area contributed by atoms with Gasteiger partial charge in [0, 0.05) is 17.1 Å². The first-order valence-electron chi connectivity index (χ1n) is 8.19. The SMILES string of the molecule is O=C(O)c1cccc2c(=O)cc(-c3ccc(-c4ccccc4)cc3)[nH]c12. The van der Waals surface area contributed by atoms with Crippen molar-refractivity contribution in [3.8, 4) is 22.4 Å². The summed E-state index contributed by atoms with van der Waals surface area (Å²) in [5.74, 6) is -1.07.